The van der Waals surface area contributed by atoms with E-state index < -0.39 is 41.4 Å². The fraction of sp³-hybridized carbons (Fsp3) is 0.452. The maximum absolute atomic E-state index is 12.6. The maximum atomic E-state index is 12.6. The molecule has 3 fully saturated rings. The molecule has 12 heteroatoms. The van der Waals surface area contributed by atoms with Crippen molar-refractivity contribution in [3.63, 3.8) is 0 Å². The third-order valence-electron chi connectivity index (χ3n) is 9.60. The predicted octanol–water partition coefficient (Wildman–Crippen LogP) is 7.60. The van der Waals surface area contributed by atoms with E-state index in [1.165, 1.54) is 96.9 Å². The van der Waals surface area contributed by atoms with Crippen LogP contribution in [0.1, 0.15) is 109 Å². The Morgan fingerprint density at radius 1 is 0.778 bits per heavy atom. The van der Waals surface area contributed by atoms with Crippen LogP contribution in [0, 0.1) is 5.92 Å². The molecule has 0 amide bonds. The number of anilines is 2. The highest BCUT2D eigenvalue weighted by atomic mass is 16.7. The lowest BCUT2D eigenvalue weighted by Crippen LogP contribution is -2.42. The molecule has 54 heavy (non-hydrogen) atoms. The minimum absolute atomic E-state index is 0.0248. The van der Waals surface area contributed by atoms with Crippen molar-refractivity contribution in [2.75, 3.05) is 17.2 Å². The minimum atomic E-state index is -1.40. The molecule has 0 spiro atoms. The topological polar surface area (TPSA) is 156 Å². The Morgan fingerprint density at radius 2 is 1.35 bits per heavy atom. The average Bonchev–Trinajstić information content (AvgIpc) is 3.10. The Balaban J connectivity index is 1.19. The molecule has 0 aromatic heterocycles. The van der Waals surface area contributed by atoms with Crippen LogP contribution in [0.25, 0.3) is 6.08 Å². The van der Waals surface area contributed by atoms with Crippen molar-refractivity contribution in [2.45, 2.75) is 110 Å². The van der Waals surface area contributed by atoms with Gasteiger partial charge in [-0.3, -0.25) is 0 Å². The van der Waals surface area contributed by atoms with E-state index in [2.05, 4.69) is 29.7 Å². The van der Waals surface area contributed by atoms with Gasteiger partial charge in [0.1, 0.15) is 0 Å². The highest BCUT2D eigenvalue weighted by Gasteiger charge is 2.40. The Labute approximate surface area is 316 Å². The van der Waals surface area contributed by atoms with Gasteiger partial charge in [-0.2, -0.15) is 0 Å². The average molecular weight is 743 g/mol. The molecule has 0 unspecified atom stereocenters. The summed E-state index contributed by atoms with van der Waals surface area (Å²) in [6, 6.07) is 13.4. The van der Waals surface area contributed by atoms with Crippen molar-refractivity contribution >= 4 is 47.3 Å². The van der Waals surface area contributed by atoms with E-state index in [1.807, 2.05) is 12.1 Å². The van der Waals surface area contributed by atoms with Crippen LogP contribution in [-0.2, 0) is 54.1 Å². The number of rotatable bonds is 14. The summed E-state index contributed by atoms with van der Waals surface area (Å²) in [7, 11) is 0. The molecule has 3 aliphatic rings. The second-order valence-corrected chi connectivity index (χ2v) is 14.8. The van der Waals surface area contributed by atoms with Gasteiger partial charge in [0.05, 0.1) is 6.61 Å². The first-order chi connectivity index (χ1) is 25.7. The summed E-state index contributed by atoms with van der Waals surface area (Å²) in [5.41, 5.74) is 3.06. The summed E-state index contributed by atoms with van der Waals surface area (Å²) in [5, 5.41) is 5.81. The van der Waals surface area contributed by atoms with Gasteiger partial charge in [0, 0.05) is 64.0 Å². The minimum Gasteiger partial charge on any atom is -0.462 e. The van der Waals surface area contributed by atoms with E-state index in [4.69, 9.17) is 23.7 Å². The molecule has 2 aromatic carbocycles. The first-order valence-electron chi connectivity index (χ1n) is 18.7. The number of carbonyl (C=O) groups excluding carboxylic acids is 5. The molecular formula is C42H50N2O10. The van der Waals surface area contributed by atoms with E-state index >= 15 is 0 Å². The van der Waals surface area contributed by atoms with Crippen LogP contribution in [0.2, 0.25) is 0 Å². The quantitative estimate of drug-likeness (QED) is 0.0644. The summed E-state index contributed by atoms with van der Waals surface area (Å²) < 4.78 is 26.1. The van der Waals surface area contributed by atoms with Gasteiger partial charge in [0.25, 0.3) is 11.6 Å². The summed E-state index contributed by atoms with van der Waals surface area (Å²) in [4.78, 5) is 62.4. The Bertz CT molecular complexity index is 1770. The number of hydrogen-bond donors (Lipinski definition) is 2. The smallest absolute Gasteiger partial charge is 0.350 e. The molecule has 0 radical (unpaired) electrons. The van der Waals surface area contributed by atoms with Gasteiger partial charge in [-0.05, 0) is 72.4 Å². The Hall–Kier alpha value is -5.39. The monoisotopic (exact) mass is 742 g/mol. The highest BCUT2D eigenvalue weighted by molar-refractivity contribution is 6.16. The number of ether oxygens (including phenoxy) is 5. The second-order valence-electron chi connectivity index (χ2n) is 14.8. The number of carbonyl (C=O) groups is 5. The third-order valence-corrected chi connectivity index (χ3v) is 9.60. The molecule has 288 valence electrons. The molecule has 2 heterocycles. The van der Waals surface area contributed by atoms with Crippen molar-refractivity contribution in [3.05, 3.63) is 88.8 Å². The predicted molar refractivity (Wildman–Crippen MR) is 201 cm³/mol. The van der Waals surface area contributed by atoms with Gasteiger partial charge in [0.2, 0.25) is 0 Å². The molecule has 2 aliphatic heterocycles. The van der Waals surface area contributed by atoms with E-state index in [0.29, 0.717) is 22.9 Å². The lowest BCUT2D eigenvalue weighted by molar-refractivity contribution is -0.224. The van der Waals surface area contributed by atoms with Crippen LogP contribution in [0.4, 0.5) is 11.4 Å². The molecule has 1 saturated carbocycles. The Morgan fingerprint density at radius 3 is 1.93 bits per heavy atom. The molecule has 2 saturated heterocycles. The maximum Gasteiger partial charge on any atom is 0.350 e. The van der Waals surface area contributed by atoms with Crippen molar-refractivity contribution in [3.8, 4) is 0 Å². The van der Waals surface area contributed by atoms with Crippen molar-refractivity contribution in [2.24, 2.45) is 5.92 Å². The fourth-order valence-corrected chi connectivity index (χ4v) is 6.70. The summed E-state index contributed by atoms with van der Waals surface area (Å²) >= 11 is 0. The van der Waals surface area contributed by atoms with Crippen molar-refractivity contribution in [1.29, 1.82) is 0 Å². The SMILES string of the molecule is CCCCCC1CCC(c2ccc(/C=C/C(=O)OCCc3ccc(NC=C4C(=O)OC(C)(C)OC4=O)cc3NC=C3C(=O)OC(C)(C)OC3=O)cc2)CC1. The zero-order valence-corrected chi connectivity index (χ0v) is 31.7. The fourth-order valence-electron chi connectivity index (χ4n) is 6.70. The molecule has 2 N–H and O–H groups in total. The number of esters is 5. The largest absolute Gasteiger partial charge is 0.462 e. The second kappa shape index (κ2) is 17.6. The molecule has 5 rings (SSSR count). The normalized spacial score (nSPS) is 20.7. The first kappa shape index (κ1) is 39.8. The number of hydrogen-bond acceptors (Lipinski definition) is 12. The summed E-state index contributed by atoms with van der Waals surface area (Å²) in [5.74, 6) is -5.26. The highest BCUT2D eigenvalue weighted by Crippen LogP contribution is 2.38. The van der Waals surface area contributed by atoms with E-state index in [0.717, 1.165) is 17.7 Å². The summed E-state index contributed by atoms with van der Waals surface area (Å²) in [6.45, 7) is 8.06. The van der Waals surface area contributed by atoms with Crippen molar-refractivity contribution in [1.82, 2.24) is 0 Å². The number of nitrogens with one attached hydrogen (secondary N) is 2. The van der Waals surface area contributed by atoms with Gasteiger partial charge in [0.15, 0.2) is 11.1 Å². The van der Waals surface area contributed by atoms with Crippen LogP contribution >= 0.6 is 0 Å². The molecule has 0 bridgehead atoms. The van der Waals surface area contributed by atoms with Crippen LogP contribution < -0.4 is 10.6 Å². The van der Waals surface area contributed by atoms with Crippen molar-refractivity contribution < 1.29 is 47.7 Å². The zero-order chi connectivity index (χ0) is 38.9. The number of cyclic esters (lactones) is 4. The van der Waals surface area contributed by atoms with Gasteiger partial charge in [-0.1, -0.05) is 62.9 Å². The molecule has 1 aliphatic carbocycles. The van der Waals surface area contributed by atoms with Crippen LogP contribution in [0.5, 0.6) is 0 Å². The van der Waals surface area contributed by atoms with Gasteiger partial charge in [-0.15, -0.1) is 0 Å². The lowest BCUT2D eigenvalue weighted by atomic mass is 9.77. The lowest BCUT2D eigenvalue weighted by Gasteiger charge is -2.29. The van der Waals surface area contributed by atoms with Gasteiger partial charge in [-0.25, -0.2) is 24.0 Å². The number of benzene rings is 2. The van der Waals surface area contributed by atoms with E-state index in [-0.39, 0.29) is 24.2 Å². The number of unbranched alkanes of at least 4 members (excludes halogenated alkanes) is 2. The van der Waals surface area contributed by atoms with Crippen LogP contribution in [0.3, 0.4) is 0 Å². The molecule has 2 aromatic rings. The van der Waals surface area contributed by atoms with E-state index in [9.17, 15) is 24.0 Å². The summed E-state index contributed by atoms with van der Waals surface area (Å²) in [6.07, 6.45) is 16.1. The van der Waals surface area contributed by atoms with Crippen LogP contribution in [-0.4, -0.2) is 48.0 Å². The molecular weight excluding hydrogens is 692 g/mol. The van der Waals surface area contributed by atoms with Gasteiger partial charge < -0.3 is 34.3 Å². The molecule has 12 nitrogen and oxygen atoms in total. The molecule has 0 atom stereocenters. The van der Waals surface area contributed by atoms with E-state index in [1.54, 1.807) is 24.3 Å². The van der Waals surface area contributed by atoms with Crippen LogP contribution in [0.15, 0.2) is 72.1 Å². The third kappa shape index (κ3) is 11.1. The zero-order valence-electron chi connectivity index (χ0n) is 31.7. The standard InChI is InChI=1S/C42H50N2O10/c1-6-7-8-9-27-10-15-29(16-11-27)30-17-12-28(13-18-30)14-21-36(45)50-23-22-31-19-20-32(43-25-33-37(46)51-41(2,3)52-38(33)47)24-35(31)44-26-34-39(48)53-42(4,5)54-40(34)49/h12-14,17-21,24-27,29,43-44H,6-11,15-16,22-23H2,1-5H3/b21-14+. The van der Waals surface area contributed by atoms with Gasteiger partial charge >= 0.3 is 29.8 Å². The Kier molecular flexibility index (Phi) is 13.0. The first-order valence-corrected chi connectivity index (χ1v) is 18.7.